The van der Waals surface area contributed by atoms with Gasteiger partial charge in [0.1, 0.15) is 5.82 Å². The van der Waals surface area contributed by atoms with E-state index < -0.39 is 0 Å². The van der Waals surface area contributed by atoms with Gasteiger partial charge >= 0.3 is 0 Å². The minimum atomic E-state index is 0.285. The summed E-state index contributed by atoms with van der Waals surface area (Å²) >= 11 is 0. The maximum atomic E-state index is 4.69. The van der Waals surface area contributed by atoms with E-state index in [1.54, 1.807) is 0 Å². The van der Waals surface area contributed by atoms with Crippen LogP contribution in [0.1, 0.15) is 39.8 Å². The van der Waals surface area contributed by atoms with E-state index in [0.717, 1.165) is 37.6 Å². The number of hydrogen-bond donors (Lipinski definition) is 1. The number of rotatable bonds is 6. The van der Waals surface area contributed by atoms with Crippen molar-refractivity contribution < 1.29 is 0 Å². The second-order valence-electron chi connectivity index (χ2n) is 6.08. The molecule has 0 fully saturated rings. The molecule has 0 amide bonds. The fourth-order valence-corrected chi connectivity index (χ4v) is 1.96. The molecule has 1 aromatic heterocycles. The predicted octanol–water partition coefficient (Wildman–Crippen LogP) is 3.06. The van der Waals surface area contributed by atoms with Gasteiger partial charge in [0, 0.05) is 20.1 Å². The van der Waals surface area contributed by atoms with Crippen molar-refractivity contribution in [3.63, 3.8) is 0 Å². The van der Waals surface area contributed by atoms with Gasteiger partial charge in [0.05, 0.1) is 5.69 Å². The first kappa shape index (κ1) is 15.0. The van der Waals surface area contributed by atoms with Crippen molar-refractivity contribution in [2.45, 2.75) is 40.7 Å². The van der Waals surface area contributed by atoms with Crippen LogP contribution >= 0.6 is 0 Å². The second kappa shape index (κ2) is 6.74. The molecule has 0 atom stereocenters. The van der Waals surface area contributed by atoms with E-state index in [9.17, 15) is 0 Å². The van der Waals surface area contributed by atoms with E-state index >= 15 is 0 Å². The molecule has 3 nitrogen and oxygen atoms in total. The second-order valence-corrected chi connectivity index (χ2v) is 6.08. The third-order valence-electron chi connectivity index (χ3n) is 2.63. The quantitative estimate of drug-likeness (QED) is 0.785. The number of nitrogens with zero attached hydrogens (tertiary/aromatic N) is 2. The van der Waals surface area contributed by atoms with Gasteiger partial charge in [-0.2, -0.15) is 0 Å². The summed E-state index contributed by atoms with van der Waals surface area (Å²) in [5.74, 6) is 1.06. The lowest BCUT2D eigenvalue weighted by Crippen LogP contribution is -2.30. The lowest BCUT2D eigenvalue weighted by atomic mass is 9.96. The molecule has 1 rings (SSSR count). The molecule has 102 valence electrons. The Morgan fingerprint density at radius 3 is 2.61 bits per heavy atom. The van der Waals surface area contributed by atoms with Crippen LogP contribution in [0.5, 0.6) is 0 Å². The smallest absolute Gasteiger partial charge is 0.128 e. The van der Waals surface area contributed by atoms with Crippen LogP contribution in [-0.4, -0.2) is 25.1 Å². The van der Waals surface area contributed by atoms with Crippen molar-refractivity contribution in [3.05, 3.63) is 23.9 Å². The van der Waals surface area contributed by atoms with Crippen LogP contribution in [0.4, 0.5) is 5.82 Å². The molecule has 1 N–H and O–H groups in total. The summed E-state index contributed by atoms with van der Waals surface area (Å²) in [4.78, 5) is 6.92. The molecule has 1 heterocycles. The summed E-state index contributed by atoms with van der Waals surface area (Å²) in [5.41, 5.74) is 1.40. The van der Waals surface area contributed by atoms with Crippen LogP contribution in [-0.2, 0) is 6.54 Å². The molecule has 0 saturated heterocycles. The average Bonchev–Trinajstić information content (AvgIpc) is 2.27. The van der Waals surface area contributed by atoms with Crippen LogP contribution < -0.4 is 10.2 Å². The highest BCUT2D eigenvalue weighted by Gasteiger charge is 2.14. The van der Waals surface area contributed by atoms with Gasteiger partial charge < -0.3 is 10.2 Å². The van der Waals surface area contributed by atoms with Crippen molar-refractivity contribution >= 4 is 5.82 Å². The van der Waals surface area contributed by atoms with Crippen LogP contribution in [0, 0.1) is 5.41 Å². The first-order valence-corrected chi connectivity index (χ1v) is 6.80. The molecule has 3 heteroatoms. The van der Waals surface area contributed by atoms with Gasteiger partial charge in [-0.25, -0.2) is 4.98 Å². The van der Waals surface area contributed by atoms with Crippen molar-refractivity contribution in [2.75, 3.05) is 25.0 Å². The van der Waals surface area contributed by atoms with Crippen LogP contribution in [0.25, 0.3) is 0 Å². The van der Waals surface area contributed by atoms with Gasteiger partial charge in [-0.1, -0.05) is 33.8 Å². The molecule has 0 radical (unpaired) electrons. The molecule has 0 aliphatic rings. The van der Waals surface area contributed by atoms with E-state index in [-0.39, 0.29) is 5.41 Å². The summed E-state index contributed by atoms with van der Waals surface area (Å²) in [6.45, 7) is 11.8. The van der Waals surface area contributed by atoms with Crippen LogP contribution in [0.3, 0.4) is 0 Å². The SMILES string of the molecule is CCCNCc1cccc(N(C)CC(C)(C)C)n1. The summed E-state index contributed by atoms with van der Waals surface area (Å²) in [5, 5.41) is 3.38. The molecular formula is C15H27N3. The zero-order valence-corrected chi connectivity index (χ0v) is 12.5. The minimum absolute atomic E-state index is 0.285. The summed E-state index contributed by atoms with van der Waals surface area (Å²) in [6.07, 6.45) is 1.16. The lowest BCUT2D eigenvalue weighted by molar-refractivity contribution is 0.417. The maximum Gasteiger partial charge on any atom is 0.128 e. The van der Waals surface area contributed by atoms with Crippen molar-refractivity contribution in [1.29, 1.82) is 0 Å². The third kappa shape index (κ3) is 5.50. The van der Waals surface area contributed by atoms with Crippen molar-refractivity contribution in [1.82, 2.24) is 10.3 Å². The molecule has 0 spiro atoms. The Bertz CT molecular complexity index is 355. The zero-order valence-electron chi connectivity index (χ0n) is 12.5. The maximum absolute atomic E-state index is 4.69. The third-order valence-corrected chi connectivity index (χ3v) is 2.63. The summed E-state index contributed by atoms with van der Waals surface area (Å²) in [7, 11) is 2.11. The van der Waals surface area contributed by atoms with E-state index in [2.05, 4.69) is 63.2 Å². The first-order chi connectivity index (χ1) is 8.42. The average molecular weight is 249 g/mol. The normalized spacial score (nSPS) is 11.6. The van der Waals surface area contributed by atoms with Gasteiger partial charge in [0.15, 0.2) is 0 Å². The fraction of sp³-hybridized carbons (Fsp3) is 0.667. The Balaban J connectivity index is 2.63. The van der Waals surface area contributed by atoms with E-state index in [1.165, 1.54) is 0 Å². The lowest BCUT2D eigenvalue weighted by Gasteiger charge is -2.27. The Kier molecular flexibility index (Phi) is 5.60. The van der Waals surface area contributed by atoms with Gasteiger partial charge in [0.2, 0.25) is 0 Å². The Morgan fingerprint density at radius 1 is 1.28 bits per heavy atom. The highest BCUT2D eigenvalue weighted by atomic mass is 15.2. The van der Waals surface area contributed by atoms with E-state index in [1.807, 2.05) is 0 Å². The van der Waals surface area contributed by atoms with Crippen molar-refractivity contribution in [3.8, 4) is 0 Å². The van der Waals surface area contributed by atoms with Gasteiger partial charge in [-0.05, 0) is 30.5 Å². The monoisotopic (exact) mass is 249 g/mol. The summed E-state index contributed by atoms with van der Waals surface area (Å²) < 4.78 is 0. The molecule has 0 saturated carbocycles. The number of nitrogens with one attached hydrogen (secondary N) is 1. The van der Waals surface area contributed by atoms with E-state index in [0.29, 0.717) is 0 Å². The van der Waals surface area contributed by atoms with Gasteiger partial charge in [0.25, 0.3) is 0 Å². The van der Waals surface area contributed by atoms with Gasteiger partial charge in [-0.3, -0.25) is 0 Å². The fourth-order valence-electron chi connectivity index (χ4n) is 1.96. The topological polar surface area (TPSA) is 28.2 Å². The van der Waals surface area contributed by atoms with Gasteiger partial charge in [-0.15, -0.1) is 0 Å². The minimum Gasteiger partial charge on any atom is -0.359 e. The molecule has 18 heavy (non-hydrogen) atoms. The molecule has 0 unspecified atom stereocenters. The number of aromatic nitrogens is 1. The highest BCUT2D eigenvalue weighted by molar-refractivity contribution is 5.38. The number of anilines is 1. The Labute approximate surface area is 112 Å². The highest BCUT2D eigenvalue weighted by Crippen LogP contribution is 2.18. The molecule has 0 aliphatic heterocycles. The molecule has 0 bridgehead atoms. The molecular weight excluding hydrogens is 222 g/mol. The number of pyridine rings is 1. The largest absolute Gasteiger partial charge is 0.359 e. The predicted molar refractivity (Wildman–Crippen MR) is 79.0 cm³/mol. The Hall–Kier alpha value is -1.09. The number of hydrogen-bond acceptors (Lipinski definition) is 3. The Morgan fingerprint density at radius 2 is 2.00 bits per heavy atom. The van der Waals surface area contributed by atoms with Crippen LogP contribution in [0.15, 0.2) is 18.2 Å². The molecule has 0 aromatic carbocycles. The summed E-state index contributed by atoms with van der Waals surface area (Å²) in [6, 6.07) is 6.25. The van der Waals surface area contributed by atoms with E-state index in [4.69, 9.17) is 4.98 Å². The standard InChI is InChI=1S/C15H27N3/c1-6-10-16-11-13-8-7-9-14(17-13)18(5)12-15(2,3)4/h7-9,16H,6,10-12H2,1-5H3. The first-order valence-electron chi connectivity index (χ1n) is 6.80. The molecule has 1 aromatic rings. The van der Waals surface area contributed by atoms with Crippen LogP contribution in [0.2, 0.25) is 0 Å². The molecule has 0 aliphatic carbocycles. The van der Waals surface area contributed by atoms with Crippen molar-refractivity contribution in [2.24, 2.45) is 5.41 Å². The zero-order chi connectivity index (χ0) is 13.6.